The molecule has 1 aliphatic heterocycles. The summed E-state index contributed by atoms with van der Waals surface area (Å²) < 4.78 is 6.93. The number of fused-ring (bicyclic) bond motifs is 1. The van der Waals surface area contributed by atoms with E-state index in [1.807, 2.05) is 41.3 Å². The van der Waals surface area contributed by atoms with Crippen molar-refractivity contribution in [1.82, 2.24) is 15.2 Å². The highest BCUT2D eigenvalue weighted by molar-refractivity contribution is 7.21. The van der Waals surface area contributed by atoms with Crippen LogP contribution >= 0.6 is 11.3 Å². The van der Waals surface area contributed by atoms with Gasteiger partial charge in [0.2, 0.25) is 5.91 Å². The number of amides is 2. The van der Waals surface area contributed by atoms with Crippen LogP contribution in [-0.4, -0.2) is 40.8 Å². The molecule has 0 radical (unpaired) electrons. The van der Waals surface area contributed by atoms with E-state index in [-0.39, 0.29) is 11.8 Å². The van der Waals surface area contributed by atoms with Crippen LogP contribution < -0.4 is 10.1 Å². The minimum absolute atomic E-state index is 0.0648. The van der Waals surface area contributed by atoms with E-state index in [4.69, 9.17) is 4.74 Å². The second kappa shape index (κ2) is 7.48. The van der Waals surface area contributed by atoms with Gasteiger partial charge in [0.1, 0.15) is 11.5 Å². The molecule has 0 atom stereocenters. The summed E-state index contributed by atoms with van der Waals surface area (Å²) in [6.07, 6.45) is 5.32. The van der Waals surface area contributed by atoms with Crippen LogP contribution in [0.15, 0.2) is 42.6 Å². The van der Waals surface area contributed by atoms with Gasteiger partial charge in [0.15, 0.2) is 0 Å². The number of aromatic nitrogens is 1. The van der Waals surface area contributed by atoms with E-state index in [1.54, 1.807) is 6.20 Å². The van der Waals surface area contributed by atoms with Gasteiger partial charge in [-0.3, -0.25) is 14.6 Å². The first-order valence-corrected chi connectivity index (χ1v) is 10.7. The SMILES string of the molecule is O=C(Cc1ccc(Oc2ccnc3cc(C(=O)N4CCC4)sc23)cc1)NC1CC1. The van der Waals surface area contributed by atoms with Gasteiger partial charge in [-0.05, 0) is 43.0 Å². The zero-order chi connectivity index (χ0) is 19.8. The quantitative estimate of drug-likeness (QED) is 0.675. The van der Waals surface area contributed by atoms with Crippen LogP contribution in [0.1, 0.15) is 34.5 Å². The highest BCUT2D eigenvalue weighted by Crippen LogP contribution is 2.35. The summed E-state index contributed by atoms with van der Waals surface area (Å²) in [5, 5.41) is 3.00. The minimum atomic E-state index is 0.0648. The van der Waals surface area contributed by atoms with Crippen LogP contribution in [0.25, 0.3) is 10.2 Å². The molecule has 1 saturated heterocycles. The monoisotopic (exact) mass is 407 g/mol. The van der Waals surface area contributed by atoms with E-state index in [0.29, 0.717) is 28.8 Å². The van der Waals surface area contributed by atoms with Crippen molar-refractivity contribution in [1.29, 1.82) is 0 Å². The van der Waals surface area contributed by atoms with E-state index in [0.717, 1.165) is 48.1 Å². The Bertz CT molecular complexity index is 1070. The fourth-order valence-corrected chi connectivity index (χ4v) is 4.30. The summed E-state index contributed by atoms with van der Waals surface area (Å²) >= 11 is 1.42. The zero-order valence-electron chi connectivity index (χ0n) is 15.9. The lowest BCUT2D eigenvalue weighted by Gasteiger charge is -2.30. The summed E-state index contributed by atoms with van der Waals surface area (Å²) in [7, 11) is 0. The third kappa shape index (κ3) is 3.96. The number of carbonyl (C=O) groups excluding carboxylic acids is 2. The van der Waals surface area contributed by atoms with Gasteiger partial charge in [0, 0.05) is 31.4 Å². The normalized spacial score (nSPS) is 15.8. The molecule has 1 aliphatic carbocycles. The summed E-state index contributed by atoms with van der Waals surface area (Å²) in [5.74, 6) is 1.50. The van der Waals surface area contributed by atoms with Gasteiger partial charge < -0.3 is 15.0 Å². The third-order valence-electron chi connectivity index (χ3n) is 5.19. The Morgan fingerprint density at radius 2 is 1.97 bits per heavy atom. The Labute approximate surface area is 172 Å². The first kappa shape index (κ1) is 18.1. The maximum atomic E-state index is 12.5. The third-order valence-corrected chi connectivity index (χ3v) is 6.31. The highest BCUT2D eigenvalue weighted by Gasteiger charge is 2.24. The van der Waals surface area contributed by atoms with Crippen LogP contribution in [0, 0.1) is 0 Å². The van der Waals surface area contributed by atoms with E-state index in [1.165, 1.54) is 11.3 Å². The van der Waals surface area contributed by atoms with Crippen molar-refractivity contribution in [3.8, 4) is 11.5 Å². The predicted octanol–water partition coefficient (Wildman–Crippen LogP) is 3.76. The number of ether oxygens (including phenoxy) is 1. The van der Waals surface area contributed by atoms with Gasteiger partial charge in [-0.15, -0.1) is 11.3 Å². The minimum Gasteiger partial charge on any atom is -0.456 e. The number of carbonyl (C=O) groups is 2. The number of nitrogens with one attached hydrogen (secondary N) is 1. The summed E-state index contributed by atoms with van der Waals surface area (Å²) in [5.41, 5.74) is 1.72. The summed E-state index contributed by atoms with van der Waals surface area (Å²) in [6, 6.07) is 11.6. The second-order valence-corrected chi connectivity index (χ2v) is 8.60. The molecule has 29 heavy (non-hydrogen) atoms. The first-order valence-electron chi connectivity index (χ1n) is 9.90. The molecule has 1 aromatic carbocycles. The smallest absolute Gasteiger partial charge is 0.264 e. The van der Waals surface area contributed by atoms with Crippen molar-refractivity contribution >= 4 is 33.4 Å². The lowest BCUT2D eigenvalue weighted by atomic mass is 10.1. The molecule has 3 aromatic rings. The largest absolute Gasteiger partial charge is 0.456 e. The Morgan fingerprint density at radius 3 is 2.66 bits per heavy atom. The number of rotatable bonds is 6. The average molecular weight is 407 g/mol. The van der Waals surface area contributed by atoms with Crippen LogP contribution in [-0.2, 0) is 11.2 Å². The standard InChI is InChI=1S/C22H21N3O3S/c26-20(24-15-4-5-15)12-14-2-6-16(7-3-14)28-18-8-9-23-17-13-19(29-21(17)18)22(27)25-10-1-11-25/h2-3,6-9,13,15H,1,4-5,10-12H2,(H,24,26). The molecule has 2 fully saturated rings. The van der Waals surface area contributed by atoms with Crippen LogP contribution in [0.5, 0.6) is 11.5 Å². The maximum absolute atomic E-state index is 12.5. The van der Waals surface area contributed by atoms with Gasteiger partial charge in [-0.1, -0.05) is 12.1 Å². The molecular weight excluding hydrogens is 386 g/mol. The molecule has 2 aliphatic rings. The van der Waals surface area contributed by atoms with E-state index in [2.05, 4.69) is 10.3 Å². The van der Waals surface area contributed by atoms with Gasteiger partial charge >= 0.3 is 0 Å². The molecule has 2 aromatic heterocycles. The highest BCUT2D eigenvalue weighted by atomic mass is 32.1. The molecule has 5 rings (SSSR count). The molecule has 0 bridgehead atoms. The van der Waals surface area contributed by atoms with Crippen LogP contribution in [0.2, 0.25) is 0 Å². The number of pyridine rings is 1. The summed E-state index contributed by atoms with van der Waals surface area (Å²) in [6.45, 7) is 1.66. The van der Waals surface area contributed by atoms with Gasteiger partial charge in [0.25, 0.3) is 5.91 Å². The molecular formula is C22H21N3O3S. The Balaban J connectivity index is 1.31. The van der Waals surface area contributed by atoms with Crippen molar-refractivity contribution in [3.05, 3.63) is 53.0 Å². The Kier molecular flexibility index (Phi) is 4.67. The van der Waals surface area contributed by atoms with Gasteiger partial charge in [-0.25, -0.2) is 0 Å². The molecule has 3 heterocycles. The molecule has 0 unspecified atom stereocenters. The molecule has 7 heteroatoms. The number of likely N-dealkylation sites (tertiary alicyclic amines) is 1. The molecule has 0 spiro atoms. The van der Waals surface area contributed by atoms with Crippen molar-refractivity contribution in [2.75, 3.05) is 13.1 Å². The lowest BCUT2D eigenvalue weighted by molar-refractivity contribution is -0.120. The molecule has 6 nitrogen and oxygen atoms in total. The lowest BCUT2D eigenvalue weighted by Crippen LogP contribution is -2.41. The van der Waals surface area contributed by atoms with Gasteiger partial charge in [-0.2, -0.15) is 0 Å². The van der Waals surface area contributed by atoms with E-state index >= 15 is 0 Å². The summed E-state index contributed by atoms with van der Waals surface area (Å²) in [4.78, 5) is 31.4. The fourth-order valence-electron chi connectivity index (χ4n) is 3.27. The Morgan fingerprint density at radius 1 is 1.17 bits per heavy atom. The Hall–Kier alpha value is -2.93. The van der Waals surface area contributed by atoms with Crippen molar-refractivity contribution in [2.45, 2.75) is 31.7 Å². The molecule has 148 valence electrons. The molecule has 1 N–H and O–H groups in total. The predicted molar refractivity (Wildman–Crippen MR) is 112 cm³/mol. The maximum Gasteiger partial charge on any atom is 0.264 e. The zero-order valence-corrected chi connectivity index (χ0v) is 16.7. The van der Waals surface area contributed by atoms with Gasteiger partial charge in [0.05, 0.1) is 21.5 Å². The second-order valence-electron chi connectivity index (χ2n) is 7.54. The van der Waals surface area contributed by atoms with E-state index in [9.17, 15) is 9.59 Å². The number of hydrogen-bond donors (Lipinski definition) is 1. The number of hydrogen-bond acceptors (Lipinski definition) is 5. The molecule has 2 amide bonds. The number of benzene rings is 1. The molecule has 1 saturated carbocycles. The fraction of sp³-hybridized carbons (Fsp3) is 0.318. The number of nitrogens with zero attached hydrogens (tertiary/aromatic N) is 2. The first-order chi connectivity index (χ1) is 14.2. The van der Waals surface area contributed by atoms with Crippen LogP contribution in [0.3, 0.4) is 0 Å². The average Bonchev–Trinajstić information content (AvgIpc) is 3.36. The van der Waals surface area contributed by atoms with Crippen molar-refractivity contribution in [2.24, 2.45) is 0 Å². The van der Waals surface area contributed by atoms with E-state index < -0.39 is 0 Å². The number of thiophene rings is 1. The van der Waals surface area contributed by atoms with Crippen molar-refractivity contribution < 1.29 is 14.3 Å². The van der Waals surface area contributed by atoms with Crippen LogP contribution in [0.4, 0.5) is 0 Å². The topological polar surface area (TPSA) is 71.5 Å². The van der Waals surface area contributed by atoms with Crippen molar-refractivity contribution in [3.63, 3.8) is 0 Å².